The highest BCUT2D eigenvalue weighted by Crippen LogP contribution is 2.11. The molecule has 0 fully saturated rings. The molecule has 1 N–H and O–H groups in total. The Labute approximate surface area is 112 Å². The summed E-state index contributed by atoms with van der Waals surface area (Å²) in [5, 5.41) is 3.56. The lowest BCUT2D eigenvalue weighted by molar-refractivity contribution is 0.146. The van der Waals surface area contributed by atoms with E-state index in [4.69, 9.17) is 4.74 Å². The second-order valence-corrected chi connectivity index (χ2v) is 6.14. The minimum atomic E-state index is 0.166. The second-order valence-electron chi connectivity index (χ2n) is 6.14. The van der Waals surface area contributed by atoms with E-state index in [1.807, 2.05) is 0 Å². The van der Waals surface area contributed by atoms with Crippen molar-refractivity contribution in [3.63, 3.8) is 0 Å². The van der Waals surface area contributed by atoms with Gasteiger partial charge in [-0.3, -0.25) is 0 Å². The molecule has 102 valence electrons. The van der Waals surface area contributed by atoms with Crippen LogP contribution in [0.5, 0.6) is 0 Å². The molecule has 0 spiro atoms. The summed E-state index contributed by atoms with van der Waals surface area (Å²) in [6, 6.07) is 8.79. The third-order valence-electron chi connectivity index (χ3n) is 2.97. The fourth-order valence-corrected chi connectivity index (χ4v) is 1.93. The Morgan fingerprint density at radius 2 is 1.78 bits per heavy atom. The van der Waals surface area contributed by atoms with Crippen LogP contribution in [-0.4, -0.2) is 25.8 Å². The van der Waals surface area contributed by atoms with Crippen LogP contribution in [-0.2, 0) is 11.2 Å². The minimum Gasteiger partial charge on any atom is -0.384 e. The molecule has 0 aliphatic carbocycles. The third-order valence-corrected chi connectivity index (χ3v) is 2.97. The van der Waals surface area contributed by atoms with E-state index in [1.54, 1.807) is 7.11 Å². The lowest BCUT2D eigenvalue weighted by atomic mass is 9.98. The number of hydrogen-bond acceptors (Lipinski definition) is 2. The zero-order chi connectivity index (χ0) is 13.6. The first-order valence-corrected chi connectivity index (χ1v) is 6.70. The summed E-state index contributed by atoms with van der Waals surface area (Å²) in [5.74, 6) is 0.525. The largest absolute Gasteiger partial charge is 0.384 e. The second kappa shape index (κ2) is 6.91. The van der Waals surface area contributed by atoms with E-state index >= 15 is 0 Å². The van der Waals surface area contributed by atoms with E-state index < -0.39 is 0 Å². The molecule has 0 heterocycles. The van der Waals surface area contributed by atoms with E-state index in [0.717, 1.165) is 19.6 Å². The Morgan fingerprint density at radius 1 is 1.17 bits per heavy atom. The number of rotatable bonds is 6. The van der Waals surface area contributed by atoms with Gasteiger partial charge in [0.15, 0.2) is 0 Å². The lowest BCUT2D eigenvalue weighted by Crippen LogP contribution is -2.40. The summed E-state index contributed by atoms with van der Waals surface area (Å²) in [5.41, 5.74) is 2.87. The van der Waals surface area contributed by atoms with Crippen molar-refractivity contribution in [1.82, 2.24) is 5.32 Å². The van der Waals surface area contributed by atoms with E-state index in [9.17, 15) is 0 Å². The van der Waals surface area contributed by atoms with Crippen LogP contribution >= 0.6 is 0 Å². The molecule has 2 heteroatoms. The number of benzene rings is 1. The van der Waals surface area contributed by atoms with Gasteiger partial charge in [0, 0.05) is 19.2 Å². The molecule has 18 heavy (non-hydrogen) atoms. The summed E-state index contributed by atoms with van der Waals surface area (Å²) in [6.45, 7) is 10.5. The van der Waals surface area contributed by atoms with Gasteiger partial charge in [-0.1, -0.05) is 29.8 Å². The molecule has 0 aliphatic rings. The van der Waals surface area contributed by atoms with Gasteiger partial charge in [0.05, 0.1) is 6.61 Å². The zero-order valence-corrected chi connectivity index (χ0v) is 12.4. The first kappa shape index (κ1) is 15.2. The normalized spacial score (nSPS) is 13.6. The van der Waals surface area contributed by atoms with E-state index in [0.29, 0.717) is 5.92 Å². The lowest BCUT2D eigenvalue weighted by Gasteiger charge is -2.25. The Morgan fingerprint density at radius 3 is 2.28 bits per heavy atom. The monoisotopic (exact) mass is 249 g/mol. The Bertz CT molecular complexity index is 337. The van der Waals surface area contributed by atoms with Crippen molar-refractivity contribution in [1.29, 1.82) is 0 Å². The third kappa shape index (κ3) is 6.18. The predicted molar refractivity (Wildman–Crippen MR) is 78.0 cm³/mol. The van der Waals surface area contributed by atoms with Gasteiger partial charge in [-0.15, -0.1) is 0 Å². The van der Waals surface area contributed by atoms with E-state index in [-0.39, 0.29) is 5.54 Å². The maximum absolute atomic E-state index is 5.33. The van der Waals surface area contributed by atoms with Crippen LogP contribution in [0.15, 0.2) is 24.3 Å². The first-order valence-electron chi connectivity index (χ1n) is 6.70. The molecule has 0 amide bonds. The van der Waals surface area contributed by atoms with Gasteiger partial charge in [-0.25, -0.2) is 0 Å². The molecule has 0 saturated carbocycles. The van der Waals surface area contributed by atoms with Crippen LogP contribution in [0.4, 0.5) is 0 Å². The predicted octanol–water partition coefficient (Wildman–Crippen LogP) is 3.19. The standard InChI is InChI=1S/C16H27NO/c1-13-6-8-14(9-7-13)10-15(12-18-5)11-17-16(2,3)4/h6-9,15,17H,10-12H2,1-5H3. The van der Waals surface area contributed by atoms with Gasteiger partial charge >= 0.3 is 0 Å². The summed E-state index contributed by atoms with van der Waals surface area (Å²) < 4.78 is 5.33. The van der Waals surface area contributed by atoms with E-state index in [1.165, 1.54) is 11.1 Å². The molecule has 2 nitrogen and oxygen atoms in total. The van der Waals surface area contributed by atoms with Crippen molar-refractivity contribution < 1.29 is 4.74 Å². The molecule has 0 saturated heterocycles. The minimum absolute atomic E-state index is 0.166. The number of hydrogen-bond donors (Lipinski definition) is 1. The van der Waals surface area contributed by atoms with Crippen molar-refractivity contribution in [3.05, 3.63) is 35.4 Å². The number of aryl methyl sites for hydroxylation is 1. The molecule has 1 aromatic rings. The van der Waals surface area contributed by atoms with Gasteiger partial charge in [0.1, 0.15) is 0 Å². The van der Waals surface area contributed by atoms with Gasteiger partial charge in [-0.2, -0.15) is 0 Å². The van der Waals surface area contributed by atoms with Crippen LogP contribution in [0.25, 0.3) is 0 Å². The van der Waals surface area contributed by atoms with Crippen LogP contribution in [0.3, 0.4) is 0 Å². The molecule has 0 aromatic heterocycles. The van der Waals surface area contributed by atoms with Crippen molar-refractivity contribution in [2.45, 2.75) is 39.7 Å². The summed E-state index contributed by atoms with van der Waals surface area (Å²) in [6.07, 6.45) is 1.07. The number of ether oxygens (including phenoxy) is 1. The van der Waals surface area contributed by atoms with Crippen molar-refractivity contribution in [2.24, 2.45) is 5.92 Å². The Balaban J connectivity index is 2.54. The molecule has 1 atom stereocenters. The average Bonchev–Trinajstić information content (AvgIpc) is 2.28. The Hall–Kier alpha value is -0.860. The highest BCUT2D eigenvalue weighted by atomic mass is 16.5. The molecule has 0 aliphatic heterocycles. The van der Waals surface area contributed by atoms with Gasteiger partial charge < -0.3 is 10.1 Å². The molecule has 1 unspecified atom stereocenters. The van der Waals surface area contributed by atoms with Crippen molar-refractivity contribution in [3.8, 4) is 0 Å². The first-order chi connectivity index (χ1) is 8.40. The fourth-order valence-electron chi connectivity index (χ4n) is 1.93. The smallest absolute Gasteiger partial charge is 0.0505 e. The molecular formula is C16H27NO. The van der Waals surface area contributed by atoms with Gasteiger partial charge in [0.25, 0.3) is 0 Å². The van der Waals surface area contributed by atoms with E-state index in [2.05, 4.69) is 57.3 Å². The maximum Gasteiger partial charge on any atom is 0.0505 e. The molecule has 0 radical (unpaired) electrons. The zero-order valence-electron chi connectivity index (χ0n) is 12.4. The molecule has 1 rings (SSSR count). The maximum atomic E-state index is 5.33. The topological polar surface area (TPSA) is 21.3 Å². The number of nitrogens with one attached hydrogen (secondary N) is 1. The van der Waals surface area contributed by atoms with Gasteiger partial charge in [-0.05, 0) is 45.6 Å². The van der Waals surface area contributed by atoms with Crippen molar-refractivity contribution >= 4 is 0 Å². The molecular weight excluding hydrogens is 222 g/mol. The highest BCUT2D eigenvalue weighted by Gasteiger charge is 2.14. The van der Waals surface area contributed by atoms with Crippen LogP contribution < -0.4 is 5.32 Å². The van der Waals surface area contributed by atoms with Crippen LogP contribution in [0, 0.1) is 12.8 Å². The average molecular weight is 249 g/mol. The summed E-state index contributed by atoms with van der Waals surface area (Å²) in [4.78, 5) is 0. The Kier molecular flexibility index (Phi) is 5.83. The fraction of sp³-hybridized carbons (Fsp3) is 0.625. The number of methoxy groups -OCH3 is 1. The summed E-state index contributed by atoms with van der Waals surface area (Å²) >= 11 is 0. The molecule has 1 aromatic carbocycles. The van der Waals surface area contributed by atoms with Crippen molar-refractivity contribution in [2.75, 3.05) is 20.3 Å². The summed E-state index contributed by atoms with van der Waals surface area (Å²) in [7, 11) is 1.78. The molecule has 0 bridgehead atoms. The quantitative estimate of drug-likeness (QED) is 0.836. The van der Waals surface area contributed by atoms with Crippen LogP contribution in [0.1, 0.15) is 31.9 Å². The van der Waals surface area contributed by atoms with Crippen LogP contribution in [0.2, 0.25) is 0 Å². The highest BCUT2D eigenvalue weighted by molar-refractivity contribution is 5.21. The van der Waals surface area contributed by atoms with Gasteiger partial charge in [0.2, 0.25) is 0 Å². The SMILES string of the molecule is COCC(CNC(C)(C)C)Cc1ccc(C)cc1.